The first-order valence-electron chi connectivity index (χ1n) is 5.97. The van der Waals surface area contributed by atoms with Gasteiger partial charge in [0.1, 0.15) is 0 Å². The van der Waals surface area contributed by atoms with Gasteiger partial charge in [-0.05, 0) is 40.5 Å². The summed E-state index contributed by atoms with van der Waals surface area (Å²) in [7, 11) is 0. The highest BCUT2D eigenvalue weighted by Gasteiger charge is 2.45. The lowest BCUT2D eigenvalue weighted by molar-refractivity contribution is -0.246. The highest BCUT2D eigenvalue weighted by Crippen LogP contribution is 2.36. The van der Waals surface area contributed by atoms with Gasteiger partial charge in [0.15, 0.2) is 0 Å². The van der Waals surface area contributed by atoms with Crippen LogP contribution in [0.25, 0.3) is 0 Å². The van der Waals surface area contributed by atoms with Gasteiger partial charge in [-0.15, -0.1) is 0 Å². The van der Waals surface area contributed by atoms with Gasteiger partial charge in [-0.1, -0.05) is 6.92 Å². The van der Waals surface area contributed by atoms with Crippen molar-refractivity contribution in [2.75, 3.05) is 0 Å². The van der Waals surface area contributed by atoms with Gasteiger partial charge in [0.05, 0.1) is 0 Å². The van der Waals surface area contributed by atoms with Gasteiger partial charge >= 0.3 is 0 Å². The number of carbonyl (C=O) groups is 1. The molecule has 1 saturated heterocycles. The van der Waals surface area contributed by atoms with Crippen molar-refractivity contribution in [2.24, 2.45) is 0 Å². The fourth-order valence-corrected chi connectivity index (χ4v) is 2.70. The highest BCUT2D eigenvalue weighted by atomic mass is 16.5. The monoisotopic (exact) mass is 228 g/mol. The zero-order valence-corrected chi connectivity index (χ0v) is 11.0. The molecule has 0 radical (unpaired) electrons. The topological polar surface area (TPSA) is 52.6 Å². The molecule has 1 amide bonds. The standard InChI is InChI=1S/C12H24N2O2/c1-6-10(15)13-9-7-11(2,3)14(16)12(4,5)8-9/h9,16H,6-8H2,1-5H3,(H,13,15). The second-order valence-electron chi connectivity index (χ2n) is 5.96. The molecule has 0 aliphatic carbocycles. The van der Waals surface area contributed by atoms with Gasteiger partial charge in [-0.3, -0.25) is 4.79 Å². The minimum Gasteiger partial charge on any atom is -0.353 e. The van der Waals surface area contributed by atoms with Gasteiger partial charge < -0.3 is 10.5 Å². The van der Waals surface area contributed by atoms with Crippen molar-refractivity contribution >= 4 is 5.91 Å². The molecular formula is C12H24N2O2. The van der Waals surface area contributed by atoms with Crippen LogP contribution in [-0.2, 0) is 4.79 Å². The van der Waals surface area contributed by atoms with Crippen molar-refractivity contribution in [3.63, 3.8) is 0 Å². The predicted octanol–water partition coefficient (Wildman–Crippen LogP) is 1.92. The number of piperidine rings is 1. The van der Waals surface area contributed by atoms with Crippen LogP contribution in [0.15, 0.2) is 0 Å². The van der Waals surface area contributed by atoms with Crippen molar-refractivity contribution < 1.29 is 10.0 Å². The van der Waals surface area contributed by atoms with E-state index in [0.717, 1.165) is 12.8 Å². The quantitative estimate of drug-likeness (QED) is 0.759. The van der Waals surface area contributed by atoms with E-state index in [2.05, 4.69) is 5.32 Å². The minimum atomic E-state index is -0.298. The van der Waals surface area contributed by atoms with Crippen molar-refractivity contribution in [2.45, 2.75) is 71.0 Å². The van der Waals surface area contributed by atoms with Crippen LogP contribution in [0.3, 0.4) is 0 Å². The Bertz CT molecular complexity index is 256. The molecule has 0 atom stereocenters. The third-order valence-electron chi connectivity index (χ3n) is 3.32. The van der Waals surface area contributed by atoms with Crippen LogP contribution in [-0.4, -0.2) is 33.3 Å². The highest BCUT2D eigenvalue weighted by molar-refractivity contribution is 5.75. The molecule has 1 aliphatic heterocycles. The Morgan fingerprint density at radius 3 is 2.12 bits per heavy atom. The number of hydrogen-bond donors (Lipinski definition) is 2. The molecule has 0 aromatic carbocycles. The number of rotatable bonds is 2. The van der Waals surface area contributed by atoms with Crippen molar-refractivity contribution in [1.82, 2.24) is 10.4 Å². The molecule has 94 valence electrons. The van der Waals surface area contributed by atoms with Crippen molar-refractivity contribution in [1.29, 1.82) is 0 Å². The third-order valence-corrected chi connectivity index (χ3v) is 3.32. The summed E-state index contributed by atoms with van der Waals surface area (Å²) < 4.78 is 0. The maximum atomic E-state index is 11.4. The molecule has 0 saturated carbocycles. The Morgan fingerprint density at radius 1 is 1.31 bits per heavy atom. The van der Waals surface area contributed by atoms with Crippen LogP contribution in [0.1, 0.15) is 53.9 Å². The Morgan fingerprint density at radius 2 is 1.75 bits per heavy atom. The second kappa shape index (κ2) is 4.34. The Balaban J connectivity index is 2.75. The van der Waals surface area contributed by atoms with E-state index in [1.54, 1.807) is 0 Å². The van der Waals surface area contributed by atoms with Crippen LogP contribution in [0.5, 0.6) is 0 Å². The maximum absolute atomic E-state index is 11.4. The lowest BCUT2D eigenvalue weighted by Crippen LogP contribution is -2.62. The van der Waals surface area contributed by atoms with Gasteiger partial charge in [0, 0.05) is 23.5 Å². The van der Waals surface area contributed by atoms with E-state index in [9.17, 15) is 10.0 Å². The summed E-state index contributed by atoms with van der Waals surface area (Å²) in [4.78, 5) is 11.4. The largest absolute Gasteiger partial charge is 0.353 e. The summed E-state index contributed by atoms with van der Waals surface area (Å²) >= 11 is 0. The molecule has 4 heteroatoms. The summed E-state index contributed by atoms with van der Waals surface area (Å²) in [5.41, 5.74) is -0.596. The van der Waals surface area contributed by atoms with E-state index < -0.39 is 0 Å². The molecule has 1 rings (SSSR count). The van der Waals surface area contributed by atoms with E-state index in [0.29, 0.717) is 6.42 Å². The molecule has 0 spiro atoms. The average Bonchev–Trinajstić information content (AvgIpc) is 2.13. The zero-order valence-electron chi connectivity index (χ0n) is 11.0. The Labute approximate surface area is 98.0 Å². The first-order valence-corrected chi connectivity index (χ1v) is 5.97. The maximum Gasteiger partial charge on any atom is 0.219 e. The number of amides is 1. The lowest BCUT2D eigenvalue weighted by Gasteiger charge is -2.51. The SMILES string of the molecule is CCC(=O)NC1CC(C)(C)N(O)C(C)(C)C1. The normalized spacial score (nSPS) is 25.4. The molecule has 0 bridgehead atoms. The molecule has 1 fully saturated rings. The van der Waals surface area contributed by atoms with Crippen LogP contribution in [0.4, 0.5) is 0 Å². The predicted molar refractivity (Wildman–Crippen MR) is 63.2 cm³/mol. The van der Waals surface area contributed by atoms with Crippen LogP contribution >= 0.6 is 0 Å². The number of nitrogens with one attached hydrogen (secondary N) is 1. The lowest BCUT2D eigenvalue weighted by atomic mass is 9.79. The van der Waals surface area contributed by atoms with Gasteiger partial charge in [-0.25, -0.2) is 0 Å². The average molecular weight is 228 g/mol. The number of carbonyl (C=O) groups excluding carboxylic acids is 1. The van der Waals surface area contributed by atoms with E-state index in [1.165, 1.54) is 5.06 Å². The number of hydrogen-bond acceptors (Lipinski definition) is 3. The van der Waals surface area contributed by atoms with Crippen LogP contribution in [0, 0.1) is 0 Å². The molecule has 16 heavy (non-hydrogen) atoms. The van der Waals surface area contributed by atoms with Crippen LogP contribution in [0.2, 0.25) is 0 Å². The first-order chi connectivity index (χ1) is 7.19. The van der Waals surface area contributed by atoms with E-state index in [-0.39, 0.29) is 23.0 Å². The summed E-state index contributed by atoms with van der Waals surface area (Å²) in [6.07, 6.45) is 2.07. The van der Waals surface area contributed by atoms with Gasteiger partial charge in [0.25, 0.3) is 0 Å². The Hall–Kier alpha value is -0.610. The van der Waals surface area contributed by atoms with E-state index >= 15 is 0 Å². The fourth-order valence-electron chi connectivity index (χ4n) is 2.70. The molecule has 4 nitrogen and oxygen atoms in total. The van der Waals surface area contributed by atoms with Crippen LogP contribution < -0.4 is 5.32 Å². The summed E-state index contributed by atoms with van der Waals surface area (Å²) in [5.74, 6) is 0.0861. The zero-order chi connectivity index (χ0) is 12.6. The van der Waals surface area contributed by atoms with E-state index in [4.69, 9.17) is 0 Å². The number of nitrogens with zero attached hydrogens (tertiary/aromatic N) is 1. The van der Waals surface area contributed by atoms with Crippen molar-refractivity contribution in [3.05, 3.63) is 0 Å². The molecule has 1 aliphatic rings. The molecule has 2 N–H and O–H groups in total. The molecule has 0 aromatic rings. The minimum absolute atomic E-state index is 0.0861. The molecule has 0 aromatic heterocycles. The number of hydroxylamine groups is 2. The van der Waals surface area contributed by atoms with Crippen molar-refractivity contribution in [3.8, 4) is 0 Å². The third kappa shape index (κ3) is 2.74. The Kier molecular flexibility index (Phi) is 3.65. The van der Waals surface area contributed by atoms with Gasteiger partial charge in [-0.2, -0.15) is 5.06 Å². The fraction of sp³-hybridized carbons (Fsp3) is 0.917. The smallest absolute Gasteiger partial charge is 0.219 e. The first kappa shape index (κ1) is 13.5. The molecular weight excluding hydrogens is 204 g/mol. The van der Waals surface area contributed by atoms with E-state index in [1.807, 2.05) is 34.6 Å². The summed E-state index contributed by atoms with van der Waals surface area (Å²) in [5, 5.41) is 14.5. The molecule has 1 heterocycles. The summed E-state index contributed by atoms with van der Waals surface area (Å²) in [6, 6.07) is 0.154. The second-order valence-corrected chi connectivity index (χ2v) is 5.96. The summed E-state index contributed by atoms with van der Waals surface area (Å²) in [6.45, 7) is 9.85. The van der Waals surface area contributed by atoms with Gasteiger partial charge in [0.2, 0.25) is 5.91 Å². The molecule has 0 unspecified atom stereocenters.